The van der Waals surface area contributed by atoms with Gasteiger partial charge in [0.15, 0.2) is 15.5 Å². The number of benzene rings is 1. The van der Waals surface area contributed by atoms with Crippen molar-refractivity contribution in [2.45, 2.75) is 69.3 Å². The summed E-state index contributed by atoms with van der Waals surface area (Å²) in [4.78, 5) is 26.7. The first-order chi connectivity index (χ1) is 19.4. The van der Waals surface area contributed by atoms with Crippen LogP contribution in [-0.2, 0) is 24.1 Å². The number of sulfone groups is 1. The Morgan fingerprint density at radius 3 is 2.59 bits per heavy atom. The molecule has 1 saturated carbocycles. The number of hydrogen-bond donors (Lipinski definition) is 2. The number of amides is 1. The van der Waals surface area contributed by atoms with Crippen molar-refractivity contribution in [3.05, 3.63) is 35.7 Å². The monoisotopic (exact) mass is 584 g/mol. The van der Waals surface area contributed by atoms with Crippen LogP contribution >= 0.6 is 0 Å². The van der Waals surface area contributed by atoms with Gasteiger partial charge in [0, 0.05) is 24.5 Å². The number of hydrogen-bond acceptors (Lipinski definition) is 9. The Hall–Kier alpha value is -3.58. The van der Waals surface area contributed by atoms with E-state index in [4.69, 9.17) is 14.5 Å². The molecule has 6 rings (SSSR count). The fraction of sp³-hybridized carbons (Fsp3) is 0.500. The number of carbonyl (C=O) groups is 1. The summed E-state index contributed by atoms with van der Waals surface area (Å²) in [5, 5.41) is 5.95. The third-order valence-corrected chi connectivity index (χ3v) is 8.57. The van der Waals surface area contributed by atoms with Gasteiger partial charge < -0.3 is 20.1 Å². The Morgan fingerprint density at radius 2 is 1.95 bits per heavy atom. The molecule has 1 aromatic carbocycles. The van der Waals surface area contributed by atoms with Gasteiger partial charge in [0.1, 0.15) is 36.2 Å². The normalized spacial score (nSPS) is 23.6. The fourth-order valence-electron chi connectivity index (χ4n) is 5.20. The van der Waals surface area contributed by atoms with Crippen molar-refractivity contribution in [2.24, 2.45) is 10.9 Å². The number of nitrogens with one attached hydrogen (secondary N) is 2. The minimum absolute atomic E-state index is 0.0478. The van der Waals surface area contributed by atoms with Crippen LogP contribution in [0.15, 0.2) is 34.2 Å². The Bertz CT molecular complexity index is 1680. The number of fused-ring (bicyclic) bond motifs is 1. The summed E-state index contributed by atoms with van der Waals surface area (Å²) in [6.07, 6.45) is 2.62. The molecule has 2 aromatic heterocycles. The minimum Gasteiger partial charge on any atom is -0.475 e. The Kier molecular flexibility index (Phi) is 6.76. The third kappa shape index (κ3) is 5.52. The van der Waals surface area contributed by atoms with Crippen LogP contribution in [0, 0.1) is 12.8 Å². The van der Waals surface area contributed by atoms with Crippen molar-refractivity contribution in [3.8, 4) is 0 Å². The summed E-state index contributed by atoms with van der Waals surface area (Å²) >= 11 is 0. The molecule has 2 fully saturated rings. The van der Waals surface area contributed by atoms with Gasteiger partial charge in [-0.05, 0) is 64.7 Å². The number of halogens is 1. The second-order valence-electron chi connectivity index (χ2n) is 11.6. The lowest BCUT2D eigenvalue weighted by Gasteiger charge is -2.25. The third-order valence-electron chi connectivity index (χ3n) is 7.43. The first-order valence-corrected chi connectivity index (χ1v) is 15.6. The predicted octanol–water partition coefficient (Wildman–Crippen LogP) is 4.44. The van der Waals surface area contributed by atoms with E-state index in [1.54, 1.807) is 18.2 Å². The maximum absolute atomic E-state index is 13.6. The number of nitrogens with zero attached hydrogens (tertiary/aromatic N) is 4. The van der Waals surface area contributed by atoms with Gasteiger partial charge >= 0.3 is 0 Å². The average molecular weight is 585 g/mol. The molecular weight excluding hydrogens is 551 g/mol. The number of pyridine rings is 1. The molecule has 4 heterocycles. The number of anilines is 3. The van der Waals surface area contributed by atoms with Gasteiger partial charge in [-0.2, -0.15) is 0 Å². The highest BCUT2D eigenvalue weighted by atomic mass is 32.2. The summed E-state index contributed by atoms with van der Waals surface area (Å²) in [7, 11) is -3.69. The van der Waals surface area contributed by atoms with Gasteiger partial charge in [-0.25, -0.2) is 27.8 Å². The number of ether oxygens (including phenoxy) is 2. The van der Waals surface area contributed by atoms with E-state index in [0.29, 0.717) is 53.0 Å². The molecule has 1 amide bonds. The smallest absolute Gasteiger partial charge is 0.231 e. The Labute approximate surface area is 237 Å². The quantitative estimate of drug-likeness (QED) is 0.416. The lowest BCUT2D eigenvalue weighted by Crippen LogP contribution is -2.20. The molecule has 2 N–H and O–H groups in total. The van der Waals surface area contributed by atoms with E-state index in [0.717, 1.165) is 25.5 Å². The average Bonchev–Trinajstić information content (AvgIpc) is 3.39. The van der Waals surface area contributed by atoms with Gasteiger partial charge in [0.05, 0.1) is 27.7 Å². The highest BCUT2D eigenvalue weighted by Gasteiger charge is 2.44. The molecule has 218 valence electrons. The number of aliphatic imine (C=N–C) groups is 1. The number of alkyl halides is 1. The molecule has 3 atom stereocenters. The van der Waals surface area contributed by atoms with Crippen LogP contribution in [0.25, 0.3) is 11.2 Å². The largest absolute Gasteiger partial charge is 0.475 e. The summed E-state index contributed by atoms with van der Waals surface area (Å²) in [5.74, 6) is 0.0979. The van der Waals surface area contributed by atoms with E-state index in [1.165, 1.54) is 6.07 Å². The van der Waals surface area contributed by atoms with Crippen LogP contribution in [0.1, 0.15) is 57.1 Å². The van der Waals surface area contributed by atoms with E-state index < -0.39 is 33.4 Å². The van der Waals surface area contributed by atoms with Crippen molar-refractivity contribution in [1.29, 1.82) is 0 Å². The molecule has 0 radical (unpaired) electrons. The topological polar surface area (TPSA) is 137 Å². The Balaban J connectivity index is 1.44. The molecule has 0 spiro atoms. The van der Waals surface area contributed by atoms with Gasteiger partial charge in [-0.3, -0.25) is 9.36 Å². The van der Waals surface area contributed by atoms with Crippen molar-refractivity contribution >= 4 is 50.0 Å². The van der Waals surface area contributed by atoms with E-state index >= 15 is 0 Å². The zero-order valence-corrected chi connectivity index (χ0v) is 24.2. The maximum Gasteiger partial charge on any atom is 0.231 e. The van der Waals surface area contributed by atoms with E-state index in [-0.39, 0.29) is 23.4 Å². The van der Waals surface area contributed by atoms with Gasteiger partial charge in [0.2, 0.25) is 11.8 Å². The van der Waals surface area contributed by atoms with Gasteiger partial charge in [-0.15, -0.1) is 0 Å². The van der Waals surface area contributed by atoms with Crippen LogP contribution in [0.5, 0.6) is 0 Å². The van der Waals surface area contributed by atoms with Crippen molar-refractivity contribution < 1.29 is 27.1 Å². The second-order valence-corrected chi connectivity index (χ2v) is 13.5. The molecule has 13 heteroatoms. The number of aromatic nitrogens is 3. The standard InChI is InChI=1S/C28H33FN6O5S/c1-15-30-24-20(31-19-9-8-16(11-21(19)41(4,37)38)27-34-28(2,3)14-40-27)13-22(33-26(36)17-12-18(17)29)32-25(24)35(15)23-7-5-6-10-39-23/h8-9,11,13,17-18,23H,5-7,10,12,14H2,1-4H3,(H2,31,32,33,36)/t17-,18+,23?/m1/s1. The second kappa shape index (κ2) is 10.1. The maximum atomic E-state index is 13.6. The molecule has 11 nitrogen and oxygen atoms in total. The van der Waals surface area contributed by atoms with Crippen molar-refractivity contribution in [1.82, 2.24) is 14.5 Å². The molecule has 1 saturated heterocycles. The van der Waals surface area contributed by atoms with Crippen LogP contribution in [-0.4, -0.2) is 65.9 Å². The van der Waals surface area contributed by atoms with E-state index in [9.17, 15) is 17.6 Å². The summed E-state index contributed by atoms with van der Waals surface area (Å²) < 4.78 is 53.1. The number of rotatable bonds is 7. The van der Waals surface area contributed by atoms with E-state index in [2.05, 4.69) is 20.6 Å². The molecule has 3 aliphatic rings. The van der Waals surface area contributed by atoms with Crippen molar-refractivity contribution in [2.75, 3.05) is 30.1 Å². The molecule has 1 unspecified atom stereocenters. The highest BCUT2D eigenvalue weighted by Crippen LogP contribution is 2.37. The molecule has 0 bridgehead atoms. The van der Waals surface area contributed by atoms with Crippen LogP contribution in [0.2, 0.25) is 0 Å². The van der Waals surface area contributed by atoms with Gasteiger partial charge in [0.25, 0.3) is 0 Å². The van der Waals surface area contributed by atoms with E-state index in [1.807, 2.05) is 25.3 Å². The van der Waals surface area contributed by atoms with Crippen LogP contribution < -0.4 is 10.6 Å². The predicted molar refractivity (Wildman–Crippen MR) is 152 cm³/mol. The zero-order valence-electron chi connectivity index (χ0n) is 23.4. The minimum atomic E-state index is -3.69. The SMILES string of the molecule is Cc1nc2c(Nc3ccc(C4=NC(C)(C)CO4)cc3S(C)(=O)=O)cc(NC(=O)[C@@H]3C[C@@H]3F)nc2n1C1CCCCO1. The molecular formula is C28H33FN6O5S. The summed E-state index contributed by atoms with van der Waals surface area (Å²) in [6.45, 7) is 6.74. The molecule has 2 aliphatic heterocycles. The summed E-state index contributed by atoms with van der Waals surface area (Å²) in [6, 6.07) is 6.51. The zero-order chi connectivity index (χ0) is 29.1. The fourth-order valence-corrected chi connectivity index (χ4v) is 6.06. The lowest BCUT2D eigenvalue weighted by molar-refractivity contribution is -0.117. The van der Waals surface area contributed by atoms with Gasteiger partial charge in [-0.1, -0.05) is 0 Å². The van der Waals surface area contributed by atoms with Crippen LogP contribution in [0.3, 0.4) is 0 Å². The Morgan fingerprint density at radius 1 is 1.17 bits per heavy atom. The first kappa shape index (κ1) is 27.6. The first-order valence-electron chi connectivity index (χ1n) is 13.7. The summed E-state index contributed by atoms with van der Waals surface area (Å²) in [5.41, 5.74) is 1.85. The molecule has 41 heavy (non-hydrogen) atoms. The molecule has 1 aliphatic carbocycles. The molecule has 3 aromatic rings. The number of imidazole rings is 1. The van der Waals surface area contributed by atoms with Crippen molar-refractivity contribution in [3.63, 3.8) is 0 Å². The lowest BCUT2D eigenvalue weighted by atomic mass is 10.1. The number of aryl methyl sites for hydroxylation is 1. The number of carbonyl (C=O) groups excluding carboxylic acids is 1. The highest BCUT2D eigenvalue weighted by molar-refractivity contribution is 7.90. The van der Waals surface area contributed by atoms with Crippen LogP contribution in [0.4, 0.5) is 21.6 Å².